The molecule has 0 bridgehead atoms. The summed E-state index contributed by atoms with van der Waals surface area (Å²) in [5.74, 6) is -0.606. The van der Waals surface area contributed by atoms with E-state index in [1.165, 1.54) is 16.7 Å². The van der Waals surface area contributed by atoms with Gasteiger partial charge in [-0.25, -0.2) is 4.39 Å². The highest BCUT2D eigenvalue weighted by atomic mass is 35.5. The molecule has 0 spiro atoms. The molecule has 0 saturated heterocycles. The number of halogens is 2. The minimum Gasteiger partial charge on any atom is -0.356 e. The van der Waals surface area contributed by atoms with Crippen molar-refractivity contribution in [2.75, 3.05) is 6.54 Å². The summed E-state index contributed by atoms with van der Waals surface area (Å²) in [6.07, 6.45) is 2.50. The van der Waals surface area contributed by atoms with Gasteiger partial charge < -0.3 is 14.3 Å². The number of aromatic nitrogens is 2. The molecule has 0 saturated carbocycles. The van der Waals surface area contributed by atoms with Gasteiger partial charge in [-0.05, 0) is 48.4 Å². The fourth-order valence-electron chi connectivity index (χ4n) is 3.49. The summed E-state index contributed by atoms with van der Waals surface area (Å²) in [4.78, 5) is 25.1. The molecule has 29 heavy (non-hydrogen) atoms. The van der Waals surface area contributed by atoms with Gasteiger partial charge in [-0.1, -0.05) is 29.8 Å². The maximum Gasteiger partial charge on any atom is 0.275 e. The number of fused-ring (bicyclic) bond motifs is 3. The van der Waals surface area contributed by atoms with Crippen molar-refractivity contribution in [2.24, 2.45) is 0 Å². The third-order valence-corrected chi connectivity index (χ3v) is 5.31. The van der Waals surface area contributed by atoms with Crippen molar-refractivity contribution >= 4 is 34.1 Å². The van der Waals surface area contributed by atoms with E-state index in [1.54, 1.807) is 28.8 Å². The van der Waals surface area contributed by atoms with E-state index in [9.17, 15) is 14.0 Å². The van der Waals surface area contributed by atoms with Gasteiger partial charge >= 0.3 is 0 Å². The van der Waals surface area contributed by atoms with Crippen molar-refractivity contribution < 1.29 is 9.18 Å². The number of hydrogen-bond acceptors (Lipinski definition) is 2. The van der Waals surface area contributed by atoms with Crippen LogP contribution >= 0.6 is 11.6 Å². The van der Waals surface area contributed by atoms with Crippen LogP contribution in [0.25, 0.3) is 16.6 Å². The smallest absolute Gasteiger partial charge is 0.275 e. The Morgan fingerprint density at radius 3 is 2.69 bits per heavy atom. The molecule has 4 aromatic rings. The van der Waals surface area contributed by atoms with Gasteiger partial charge in [0.05, 0.1) is 11.0 Å². The van der Waals surface area contributed by atoms with E-state index in [0.29, 0.717) is 34.5 Å². The molecule has 0 unspecified atom stereocenters. The van der Waals surface area contributed by atoms with Gasteiger partial charge in [0.15, 0.2) is 0 Å². The number of hydrogen-bond donors (Lipinski definition) is 1. The van der Waals surface area contributed by atoms with Gasteiger partial charge in [0.25, 0.3) is 5.56 Å². The molecule has 148 valence electrons. The molecular formula is C22H19ClFN3O2. The Morgan fingerprint density at radius 1 is 1.03 bits per heavy atom. The lowest BCUT2D eigenvalue weighted by molar-refractivity contribution is -0.121. The standard InChI is InChI=1S/C22H19ClFN3O2/c23-17-5-2-1-4-15(17)9-11-25-21(28)10-13-27-20-14-16(24)7-8-18(20)26-12-3-6-19(26)22(27)29/h1-8,12,14H,9-11,13H2,(H,25,28). The summed E-state index contributed by atoms with van der Waals surface area (Å²) < 4.78 is 17.0. The SMILES string of the molecule is O=C(CCn1c(=O)c2cccn2c2ccc(F)cc21)NCCc1ccccc1Cl. The van der Waals surface area contributed by atoms with Crippen LogP contribution in [-0.2, 0) is 17.8 Å². The van der Waals surface area contributed by atoms with Crippen LogP contribution in [0.15, 0.2) is 65.6 Å². The summed E-state index contributed by atoms with van der Waals surface area (Å²) in [5, 5.41) is 3.52. The maximum atomic E-state index is 13.8. The van der Waals surface area contributed by atoms with Crippen molar-refractivity contribution in [1.29, 1.82) is 0 Å². The molecule has 2 aromatic carbocycles. The molecule has 1 N–H and O–H groups in total. The van der Waals surface area contributed by atoms with Gasteiger partial charge in [-0.3, -0.25) is 9.59 Å². The first kappa shape index (κ1) is 19.2. The molecule has 0 radical (unpaired) electrons. The minimum atomic E-state index is -0.429. The monoisotopic (exact) mass is 411 g/mol. The Bertz CT molecular complexity index is 1260. The van der Waals surface area contributed by atoms with Gasteiger partial charge in [-0.15, -0.1) is 0 Å². The van der Waals surface area contributed by atoms with Crippen LogP contribution in [0.5, 0.6) is 0 Å². The van der Waals surface area contributed by atoms with E-state index in [0.717, 1.165) is 5.56 Å². The normalized spacial score (nSPS) is 11.2. The fourth-order valence-corrected chi connectivity index (χ4v) is 3.72. The van der Waals surface area contributed by atoms with E-state index in [-0.39, 0.29) is 24.4 Å². The second-order valence-corrected chi connectivity index (χ2v) is 7.20. The fraction of sp³-hybridized carbons (Fsp3) is 0.182. The summed E-state index contributed by atoms with van der Waals surface area (Å²) in [6.45, 7) is 0.614. The Morgan fingerprint density at radius 2 is 1.86 bits per heavy atom. The third-order valence-electron chi connectivity index (χ3n) is 4.94. The molecule has 0 aliphatic heterocycles. The Labute approximate surface area is 171 Å². The first-order valence-corrected chi connectivity index (χ1v) is 9.71. The second kappa shape index (κ2) is 8.09. The summed E-state index contributed by atoms with van der Waals surface area (Å²) in [6, 6.07) is 15.3. The molecule has 2 aromatic heterocycles. The lowest BCUT2D eigenvalue weighted by atomic mass is 10.1. The highest BCUT2D eigenvalue weighted by molar-refractivity contribution is 6.31. The number of rotatable bonds is 6. The quantitative estimate of drug-likeness (QED) is 0.524. The van der Waals surface area contributed by atoms with Gasteiger partial charge in [-0.2, -0.15) is 0 Å². The van der Waals surface area contributed by atoms with Crippen molar-refractivity contribution in [3.05, 3.63) is 87.6 Å². The lowest BCUT2D eigenvalue weighted by Crippen LogP contribution is -2.29. The molecular weight excluding hydrogens is 393 g/mol. The van der Waals surface area contributed by atoms with Crippen LogP contribution in [0.2, 0.25) is 5.02 Å². The van der Waals surface area contributed by atoms with E-state index in [1.807, 2.05) is 24.3 Å². The molecule has 0 aliphatic carbocycles. The summed E-state index contributed by atoms with van der Waals surface area (Å²) in [7, 11) is 0. The van der Waals surface area contributed by atoms with Crippen LogP contribution < -0.4 is 10.9 Å². The molecule has 1 amide bonds. The highest BCUT2D eigenvalue weighted by Gasteiger charge is 2.12. The first-order chi connectivity index (χ1) is 14.0. The van der Waals surface area contributed by atoms with Crippen molar-refractivity contribution in [1.82, 2.24) is 14.3 Å². The number of benzene rings is 2. The zero-order valence-corrected chi connectivity index (χ0v) is 16.3. The van der Waals surface area contributed by atoms with Crippen LogP contribution in [0.1, 0.15) is 12.0 Å². The van der Waals surface area contributed by atoms with Gasteiger partial charge in [0, 0.05) is 30.7 Å². The van der Waals surface area contributed by atoms with E-state index >= 15 is 0 Å². The molecule has 0 fully saturated rings. The van der Waals surface area contributed by atoms with Crippen molar-refractivity contribution in [3.8, 4) is 0 Å². The molecule has 4 rings (SSSR count). The Kier molecular flexibility index (Phi) is 5.36. The Balaban J connectivity index is 1.49. The largest absolute Gasteiger partial charge is 0.356 e. The van der Waals surface area contributed by atoms with E-state index < -0.39 is 5.82 Å². The maximum absolute atomic E-state index is 13.8. The molecule has 0 aliphatic rings. The molecule has 5 nitrogen and oxygen atoms in total. The highest BCUT2D eigenvalue weighted by Crippen LogP contribution is 2.17. The van der Waals surface area contributed by atoms with Crippen LogP contribution in [0, 0.1) is 5.82 Å². The number of carbonyl (C=O) groups excluding carboxylic acids is 1. The zero-order valence-electron chi connectivity index (χ0n) is 15.6. The van der Waals surface area contributed by atoms with Crippen LogP contribution in [0.4, 0.5) is 4.39 Å². The minimum absolute atomic E-state index is 0.116. The van der Waals surface area contributed by atoms with Crippen molar-refractivity contribution in [3.63, 3.8) is 0 Å². The van der Waals surface area contributed by atoms with Crippen LogP contribution in [-0.4, -0.2) is 21.4 Å². The van der Waals surface area contributed by atoms with Crippen molar-refractivity contribution in [2.45, 2.75) is 19.4 Å². The number of nitrogens with one attached hydrogen (secondary N) is 1. The second-order valence-electron chi connectivity index (χ2n) is 6.79. The van der Waals surface area contributed by atoms with E-state index in [2.05, 4.69) is 5.32 Å². The van der Waals surface area contributed by atoms with E-state index in [4.69, 9.17) is 11.6 Å². The average Bonchev–Trinajstić information content (AvgIpc) is 3.19. The van der Waals surface area contributed by atoms with Crippen LogP contribution in [0.3, 0.4) is 0 Å². The summed E-state index contributed by atoms with van der Waals surface area (Å²) in [5.41, 5.74) is 2.37. The molecule has 0 atom stereocenters. The molecule has 7 heteroatoms. The number of nitrogens with zero attached hydrogens (tertiary/aromatic N) is 2. The average molecular weight is 412 g/mol. The lowest BCUT2D eigenvalue weighted by Gasteiger charge is -2.13. The molecule has 2 heterocycles. The predicted octanol–water partition coefficient (Wildman–Crippen LogP) is 3.80. The zero-order chi connectivity index (χ0) is 20.4. The Hall–Kier alpha value is -3.12. The number of aryl methyl sites for hydroxylation is 1. The summed E-state index contributed by atoms with van der Waals surface area (Å²) >= 11 is 6.12. The predicted molar refractivity (Wildman–Crippen MR) is 112 cm³/mol. The number of carbonyl (C=O) groups is 1. The number of amides is 1. The first-order valence-electron chi connectivity index (χ1n) is 9.34. The third kappa shape index (κ3) is 3.89. The topological polar surface area (TPSA) is 55.5 Å². The van der Waals surface area contributed by atoms with Gasteiger partial charge in [0.2, 0.25) is 5.91 Å². The van der Waals surface area contributed by atoms with Gasteiger partial charge in [0.1, 0.15) is 11.3 Å².